The van der Waals surface area contributed by atoms with Gasteiger partial charge in [0.15, 0.2) is 0 Å². The van der Waals surface area contributed by atoms with Crippen molar-refractivity contribution in [2.75, 3.05) is 6.61 Å². The highest BCUT2D eigenvalue weighted by atomic mass is 16.5. The lowest BCUT2D eigenvalue weighted by molar-refractivity contribution is -0.139. The Kier molecular flexibility index (Phi) is 8.57. The molecule has 0 saturated heterocycles. The number of hydrogen-bond donors (Lipinski definition) is 0. The Balaban J connectivity index is 2.44. The second kappa shape index (κ2) is 10.2. The summed E-state index contributed by atoms with van der Waals surface area (Å²) in [6.07, 6.45) is 7.20. The van der Waals surface area contributed by atoms with Gasteiger partial charge in [-0.25, -0.2) is 4.79 Å². The van der Waals surface area contributed by atoms with E-state index in [-0.39, 0.29) is 5.97 Å². The van der Waals surface area contributed by atoms with E-state index in [2.05, 4.69) is 26.0 Å². The molecule has 0 amide bonds. The van der Waals surface area contributed by atoms with Crippen molar-refractivity contribution in [1.29, 1.82) is 0 Å². The zero-order chi connectivity index (χ0) is 16.4. The molecule has 0 N–H and O–H groups in total. The normalized spacial score (nSPS) is 12.0. The van der Waals surface area contributed by atoms with Crippen molar-refractivity contribution < 1.29 is 9.53 Å². The van der Waals surface area contributed by atoms with Crippen LogP contribution in [-0.4, -0.2) is 12.6 Å². The van der Waals surface area contributed by atoms with Gasteiger partial charge in [-0.1, -0.05) is 63.3 Å². The highest BCUT2D eigenvalue weighted by molar-refractivity contribution is 5.96. The molecule has 0 unspecified atom stereocenters. The zero-order valence-electron chi connectivity index (χ0n) is 14.6. The Hall–Kier alpha value is -1.57. The number of esters is 1. The summed E-state index contributed by atoms with van der Waals surface area (Å²) in [5.41, 5.74) is 4.02. The van der Waals surface area contributed by atoms with Crippen LogP contribution in [0.25, 0.3) is 5.57 Å². The first-order chi connectivity index (χ1) is 10.6. The Bertz CT molecular complexity index is 500. The number of ether oxygens (including phenoxy) is 1. The SMILES string of the molecule is CCCCCCCCOC(=O)C(C)=C(C)c1ccccc1C. The maximum absolute atomic E-state index is 12.1. The van der Waals surface area contributed by atoms with Gasteiger partial charge >= 0.3 is 5.97 Å². The van der Waals surface area contributed by atoms with Crippen LogP contribution in [0.4, 0.5) is 0 Å². The number of carbonyl (C=O) groups is 1. The number of unbranched alkanes of at least 4 members (excludes halogenated alkanes) is 5. The predicted octanol–water partition coefficient (Wildman–Crippen LogP) is 5.69. The van der Waals surface area contributed by atoms with Crippen LogP contribution in [0.5, 0.6) is 0 Å². The van der Waals surface area contributed by atoms with Crippen LogP contribution in [0.2, 0.25) is 0 Å². The van der Waals surface area contributed by atoms with Crippen LogP contribution in [0, 0.1) is 6.92 Å². The van der Waals surface area contributed by atoms with Gasteiger partial charge in [0.2, 0.25) is 0 Å². The maximum Gasteiger partial charge on any atom is 0.333 e. The summed E-state index contributed by atoms with van der Waals surface area (Å²) in [6, 6.07) is 8.13. The molecule has 0 aliphatic rings. The average Bonchev–Trinajstić information content (AvgIpc) is 2.53. The smallest absolute Gasteiger partial charge is 0.333 e. The van der Waals surface area contributed by atoms with Crippen LogP contribution in [0.15, 0.2) is 29.8 Å². The van der Waals surface area contributed by atoms with Crippen LogP contribution in [0.1, 0.15) is 70.4 Å². The van der Waals surface area contributed by atoms with E-state index in [1.54, 1.807) is 0 Å². The third kappa shape index (κ3) is 6.05. The van der Waals surface area contributed by atoms with E-state index in [1.165, 1.54) is 31.2 Å². The third-order valence-electron chi connectivity index (χ3n) is 4.15. The standard InChI is InChI=1S/C20H30O2/c1-5-6-7-8-9-12-15-22-20(21)18(4)17(3)19-14-11-10-13-16(19)2/h10-11,13-14H,5-9,12,15H2,1-4H3. The van der Waals surface area contributed by atoms with Gasteiger partial charge in [0.05, 0.1) is 6.61 Å². The van der Waals surface area contributed by atoms with E-state index in [4.69, 9.17) is 4.74 Å². The molecule has 2 nitrogen and oxygen atoms in total. The summed E-state index contributed by atoms with van der Waals surface area (Å²) in [5, 5.41) is 0. The molecule has 0 heterocycles. The molecule has 122 valence electrons. The fraction of sp³-hybridized carbons (Fsp3) is 0.550. The van der Waals surface area contributed by atoms with Gasteiger partial charge in [-0.05, 0) is 43.9 Å². The first-order valence-electron chi connectivity index (χ1n) is 8.48. The lowest BCUT2D eigenvalue weighted by Gasteiger charge is -2.11. The quantitative estimate of drug-likeness (QED) is 0.332. The van der Waals surface area contributed by atoms with E-state index >= 15 is 0 Å². The zero-order valence-corrected chi connectivity index (χ0v) is 14.6. The van der Waals surface area contributed by atoms with Gasteiger partial charge in [0.25, 0.3) is 0 Å². The summed E-state index contributed by atoms with van der Waals surface area (Å²) in [7, 11) is 0. The first kappa shape index (κ1) is 18.5. The Labute approximate surface area is 135 Å². The van der Waals surface area contributed by atoms with E-state index in [9.17, 15) is 4.79 Å². The summed E-state index contributed by atoms with van der Waals surface area (Å²) in [4.78, 5) is 12.1. The number of rotatable bonds is 9. The lowest BCUT2D eigenvalue weighted by atomic mass is 9.98. The van der Waals surface area contributed by atoms with Crippen molar-refractivity contribution in [1.82, 2.24) is 0 Å². The molecule has 22 heavy (non-hydrogen) atoms. The molecule has 0 aliphatic carbocycles. The maximum atomic E-state index is 12.1. The van der Waals surface area contributed by atoms with E-state index in [0.29, 0.717) is 12.2 Å². The largest absolute Gasteiger partial charge is 0.462 e. The van der Waals surface area contributed by atoms with Gasteiger partial charge in [-0.3, -0.25) is 0 Å². The summed E-state index contributed by atoms with van der Waals surface area (Å²) in [6.45, 7) is 8.65. The Morgan fingerprint density at radius 3 is 2.32 bits per heavy atom. The molecule has 0 bridgehead atoms. The number of hydrogen-bond acceptors (Lipinski definition) is 2. The molecule has 1 aromatic rings. The molecule has 1 rings (SSSR count). The van der Waals surface area contributed by atoms with Crippen molar-refractivity contribution in [2.24, 2.45) is 0 Å². The van der Waals surface area contributed by atoms with E-state index in [1.807, 2.05) is 26.0 Å². The van der Waals surface area contributed by atoms with Crippen molar-refractivity contribution in [2.45, 2.75) is 66.2 Å². The molecular weight excluding hydrogens is 272 g/mol. The van der Waals surface area contributed by atoms with Crippen LogP contribution < -0.4 is 0 Å². The van der Waals surface area contributed by atoms with E-state index < -0.39 is 0 Å². The fourth-order valence-corrected chi connectivity index (χ4v) is 2.50. The van der Waals surface area contributed by atoms with Crippen molar-refractivity contribution in [3.05, 3.63) is 41.0 Å². The molecule has 2 heteroatoms. The Morgan fingerprint density at radius 1 is 1.00 bits per heavy atom. The predicted molar refractivity (Wildman–Crippen MR) is 93.8 cm³/mol. The highest BCUT2D eigenvalue weighted by Crippen LogP contribution is 2.22. The molecule has 0 fully saturated rings. The highest BCUT2D eigenvalue weighted by Gasteiger charge is 2.11. The number of allylic oxidation sites excluding steroid dienone is 1. The Morgan fingerprint density at radius 2 is 1.64 bits per heavy atom. The van der Waals surface area contributed by atoms with Gasteiger partial charge in [0, 0.05) is 5.57 Å². The summed E-state index contributed by atoms with van der Waals surface area (Å²) >= 11 is 0. The summed E-state index contributed by atoms with van der Waals surface area (Å²) < 4.78 is 5.40. The van der Waals surface area contributed by atoms with Gasteiger partial charge in [0.1, 0.15) is 0 Å². The van der Waals surface area contributed by atoms with Gasteiger partial charge < -0.3 is 4.74 Å². The molecule has 0 radical (unpaired) electrons. The number of carbonyl (C=O) groups excluding carboxylic acids is 1. The number of aryl methyl sites for hydroxylation is 1. The second-order valence-electron chi connectivity index (χ2n) is 5.97. The minimum atomic E-state index is -0.186. The molecule has 0 aliphatic heterocycles. The molecule has 0 aromatic heterocycles. The summed E-state index contributed by atoms with van der Waals surface area (Å²) in [5.74, 6) is -0.186. The monoisotopic (exact) mass is 302 g/mol. The van der Waals surface area contributed by atoms with Gasteiger partial charge in [-0.2, -0.15) is 0 Å². The van der Waals surface area contributed by atoms with Crippen molar-refractivity contribution in [3.8, 4) is 0 Å². The molecular formula is C20H30O2. The average molecular weight is 302 g/mol. The molecule has 1 aromatic carbocycles. The van der Waals surface area contributed by atoms with Crippen LogP contribution in [-0.2, 0) is 9.53 Å². The minimum Gasteiger partial charge on any atom is -0.462 e. The minimum absolute atomic E-state index is 0.186. The lowest BCUT2D eigenvalue weighted by Crippen LogP contribution is -2.08. The van der Waals surface area contributed by atoms with E-state index in [0.717, 1.165) is 24.0 Å². The second-order valence-corrected chi connectivity index (χ2v) is 5.97. The van der Waals surface area contributed by atoms with Gasteiger partial charge in [-0.15, -0.1) is 0 Å². The van der Waals surface area contributed by atoms with Crippen molar-refractivity contribution >= 4 is 11.5 Å². The van der Waals surface area contributed by atoms with Crippen molar-refractivity contribution in [3.63, 3.8) is 0 Å². The molecule has 0 atom stereocenters. The fourth-order valence-electron chi connectivity index (χ4n) is 2.50. The molecule has 0 spiro atoms. The third-order valence-corrected chi connectivity index (χ3v) is 4.15. The number of benzene rings is 1. The topological polar surface area (TPSA) is 26.3 Å². The van der Waals surface area contributed by atoms with Crippen LogP contribution in [0.3, 0.4) is 0 Å². The van der Waals surface area contributed by atoms with Crippen LogP contribution >= 0.6 is 0 Å². The molecule has 0 saturated carbocycles. The first-order valence-corrected chi connectivity index (χ1v) is 8.48.